The van der Waals surface area contributed by atoms with Crippen molar-refractivity contribution in [2.45, 2.75) is 39.3 Å². The molecule has 2 rings (SSSR count). The molecule has 0 radical (unpaired) electrons. The molecule has 1 aromatic rings. The van der Waals surface area contributed by atoms with Gasteiger partial charge in [0.15, 0.2) is 0 Å². The molecule has 1 atom stereocenters. The van der Waals surface area contributed by atoms with Crippen LogP contribution in [0.5, 0.6) is 5.75 Å². The lowest BCUT2D eigenvalue weighted by Crippen LogP contribution is -2.32. The van der Waals surface area contributed by atoms with Crippen LogP contribution in [0.1, 0.15) is 37.4 Å². The Morgan fingerprint density at radius 2 is 2.19 bits per heavy atom. The molecule has 1 aliphatic heterocycles. The van der Waals surface area contributed by atoms with Gasteiger partial charge in [0.2, 0.25) is 0 Å². The fraction of sp³-hybridized carbons (Fsp3) is 0.538. The van der Waals surface area contributed by atoms with Crippen LogP contribution in [-0.2, 0) is 0 Å². The van der Waals surface area contributed by atoms with Crippen molar-refractivity contribution in [3.8, 4) is 5.75 Å². The molecule has 3 heteroatoms. The topological polar surface area (TPSA) is 21.3 Å². The summed E-state index contributed by atoms with van der Waals surface area (Å²) >= 11 is 0. The van der Waals surface area contributed by atoms with E-state index in [4.69, 9.17) is 4.74 Å². The van der Waals surface area contributed by atoms with E-state index in [2.05, 4.69) is 19.2 Å². The second kappa shape index (κ2) is 4.42. The summed E-state index contributed by atoms with van der Waals surface area (Å²) in [6.07, 6.45) is 0.897. The number of fused-ring (bicyclic) bond motifs is 1. The van der Waals surface area contributed by atoms with Crippen LogP contribution in [0, 0.1) is 12.7 Å². The molecule has 2 nitrogen and oxygen atoms in total. The maximum absolute atomic E-state index is 13.4. The molecular weight excluding hydrogens is 205 g/mol. The van der Waals surface area contributed by atoms with Gasteiger partial charge in [-0.1, -0.05) is 13.8 Å². The SMILES string of the molecule is Cc1cc(F)cc2c1OCCC2NC(C)C. The molecule has 0 saturated heterocycles. The van der Waals surface area contributed by atoms with Gasteiger partial charge in [-0.2, -0.15) is 0 Å². The molecular formula is C13H18FNO. The monoisotopic (exact) mass is 223 g/mol. The van der Waals surface area contributed by atoms with Crippen molar-refractivity contribution >= 4 is 0 Å². The van der Waals surface area contributed by atoms with Gasteiger partial charge in [-0.25, -0.2) is 4.39 Å². The van der Waals surface area contributed by atoms with Gasteiger partial charge in [0, 0.05) is 24.1 Å². The third-order valence-electron chi connectivity index (χ3n) is 2.83. The van der Waals surface area contributed by atoms with E-state index in [1.807, 2.05) is 6.92 Å². The fourth-order valence-electron chi connectivity index (χ4n) is 2.22. The van der Waals surface area contributed by atoms with Crippen LogP contribution in [0.15, 0.2) is 12.1 Å². The lowest BCUT2D eigenvalue weighted by Gasteiger charge is -2.29. The Balaban J connectivity index is 2.37. The number of ether oxygens (including phenoxy) is 1. The molecule has 0 spiro atoms. The van der Waals surface area contributed by atoms with Crippen LogP contribution in [0.2, 0.25) is 0 Å². The number of hydrogen-bond donors (Lipinski definition) is 1. The van der Waals surface area contributed by atoms with Crippen LogP contribution in [0.25, 0.3) is 0 Å². The molecule has 88 valence electrons. The molecule has 0 saturated carbocycles. The number of rotatable bonds is 2. The Bertz CT molecular complexity index is 390. The maximum Gasteiger partial charge on any atom is 0.127 e. The average molecular weight is 223 g/mol. The molecule has 1 unspecified atom stereocenters. The molecule has 1 aliphatic rings. The Hall–Kier alpha value is -1.09. The Kier molecular flexibility index (Phi) is 3.15. The lowest BCUT2D eigenvalue weighted by atomic mass is 9.97. The lowest BCUT2D eigenvalue weighted by molar-refractivity contribution is 0.245. The zero-order chi connectivity index (χ0) is 11.7. The van der Waals surface area contributed by atoms with Crippen LogP contribution in [0.4, 0.5) is 4.39 Å². The molecule has 1 N–H and O–H groups in total. The van der Waals surface area contributed by atoms with Gasteiger partial charge in [-0.15, -0.1) is 0 Å². The normalized spacial score (nSPS) is 19.4. The van der Waals surface area contributed by atoms with E-state index in [0.29, 0.717) is 12.6 Å². The third-order valence-corrected chi connectivity index (χ3v) is 2.83. The molecule has 0 aliphatic carbocycles. The highest BCUT2D eigenvalue weighted by Gasteiger charge is 2.23. The van der Waals surface area contributed by atoms with E-state index in [0.717, 1.165) is 23.3 Å². The second-order valence-electron chi connectivity index (χ2n) is 4.65. The van der Waals surface area contributed by atoms with Gasteiger partial charge in [0.05, 0.1) is 6.61 Å². The van der Waals surface area contributed by atoms with E-state index in [-0.39, 0.29) is 11.9 Å². The van der Waals surface area contributed by atoms with Crippen molar-refractivity contribution in [2.24, 2.45) is 0 Å². The minimum absolute atomic E-state index is 0.183. The molecule has 0 fully saturated rings. The van der Waals surface area contributed by atoms with Crippen molar-refractivity contribution < 1.29 is 9.13 Å². The molecule has 16 heavy (non-hydrogen) atoms. The van der Waals surface area contributed by atoms with E-state index in [9.17, 15) is 4.39 Å². The Morgan fingerprint density at radius 1 is 1.44 bits per heavy atom. The van der Waals surface area contributed by atoms with Gasteiger partial charge in [-0.05, 0) is 24.6 Å². The average Bonchev–Trinajstić information content (AvgIpc) is 2.18. The Labute approximate surface area is 95.8 Å². The van der Waals surface area contributed by atoms with Crippen molar-refractivity contribution in [2.75, 3.05) is 6.61 Å². The fourth-order valence-corrected chi connectivity index (χ4v) is 2.22. The summed E-state index contributed by atoms with van der Waals surface area (Å²) in [6, 6.07) is 3.70. The summed E-state index contributed by atoms with van der Waals surface area (Å²) in [5, 5.41) is 3.45. The van der Waals surface area contributed by atoms with Gasteiger partial charge in [-0.3, -0.25) is 0 Å². The van der Waals surface area contributed by atoms with Crippen molar-refractivity contribution in [3.05, 3.63) is 29.1 Å². The third kappa shape index (κ3) is 2.19. The summed E-state index contributed by atoms with van der Waals surface area (Å²) < 4.78 is 19.0. The zero-order valence-corrected chi connectivity index (χ0v) is 10.0. The van der Waals surface area contributed by atoms with E-state index >= 15 is 0 Å². The van der Waals surface area contributed by atoms with E-state index in [1.54, 1.807) is 6.07 Å². The van der Waals surface area contributed by atoms with Gasteiger partial charge >= 0.3 is 0 Å². The first kappa shape index (κ1) is 11.4. The first-order valence-electron chi connectivity index (χ1n) is 5.77. The summed E-state index contributed by atoms with van der Waals surface area (Å²) in [4.78, 5) is 0. The van der Waals surface area contributed by atoms with E-state index in [1.165, 1.54) is 6.07 Å². The van der Waals surface area contributed by atoms with Crippen LogP contribution in [0.3, 0.4) is 0 Å². The highest BCUT2D eigenvalue weighted by Crippen LogP contribution is 2.35. The van der Waals surface area contributed by atoms with Crippen molar-refractivity contribution in [3.63, 3.8) is 0 Å². The number of nitrogens with one attached hydrogen (secondary N) is 1. The standard InChI is InChI=1S/C13H18FNO/c1-8(2)15-12-4-5-16-13-9(3)6-10(14)7-11(12)13/h6-8,12,15H,4-5H2,1-3H3. The van der Waals surface area contributed by atoms with Gasteiger partial charge in [0.25, 0.3) is 0 Å². The van der Waals surface area contributed by atoms with Crippen LogP contribution in [-0.4, -0.2) is 12.6 Å². The highest BCUT2D eigenvalue weighted by molar-refractivity contribution is 5.44. The summed E-state index contributed by atoms with van der Waals surface area (Å²) in [5.74, 6) is 0.670. The quantitative estimate of drug-likeness (QED) is 0.832. The molecule has 0 amide bonds. The maximum atomic E-state index is 13.4. The predicted molar refractivity (Wildman–Crippen MR) is 62.3 cm³/mol. The largest absolute Gasteiger partial charge is 0.493 e. The predicted octanol–water partition coefficient (Wildman–Crippen LogP) is 2.96. The number of halogens is 1. The molecule has 1 aromatic carbocycles. The molecule has 0 aromatic heterocycles. The first-order chi connectivity index (χ1) is 7.58. The number of aryl methyl sites for hydroxylation is 1. The van der Waals surface area contributed by atoms with Crippen molar-refractivity contribution in [1.82, 2.24) is 5.32 Å². The van der Waals surface area contributed by atoms with Crippen molar-refractivity contribution in [1.29, 1.82) is 0 Å². The first-order valence-corrected chi connectivity index (χ1v) is 5.77. The minimum atomic E-state index is -0.183. The van der Waals surface area contributed by atoms with E-state index < -0.39 is 0 Å². The van der Waals surface area contributed by atoms with Gasteiger partial charge < -0.3 is 10.1 Å². The highest BCUT2D eigenvalue weighted by atomic mass is 19.1. The van der Waals surface area contributed by atoms with Crippen LogP contribution < -0.4 is 10.1 Å². The second-order valence-corrected chi connectivity index (χ2v) is 4.65. The minimum Gasteiger partial charge on any atom is -0.493 e. The summed E-state index contributed by atoms with van der Waals surface area (Å²) in [6.45, 7) is 6.78. The van der Waals surface area contributed by atoms with Crippen LogP contribution >= 0.6 is 0 Å². The summed E-state index contributed by atoms with van der Waals surface area (Å²) in [7, 11) is 0. The summed E-state index contributed by atoms with van der Waals surface area (Å²) in [5.41, 5.74) is 1.84. The smallest absolute Gasteiger partial charge is 0.127 e. The zero-order valence-electron chi connectivity index (χ0n) is 10.0. The molecule has 1 heterocycles. The Morgan fingerprint density at radius 3 is 2.88 bits per heavy atom. The van der Waals surface area contributed by atoms with Gasteiger partial charge in [0.1, 0.15) is 11.6 Å². The number of hydrogen-bond acceptors (Lipinski definition) is 2. The number of benzene rings is 1. The molecule has 0 bridgehead atoms.